The van der Waals surface area contributed by atoms with E-state index in [1.165, 1.54) is 0 Å². The molecule has 0 aromatic carbocycles. The number of nitrogens with zero attached hydrogens (tertiary/aromatic N) is 5. The second kappa shape index (κ2) is 7.43. The zero-order valence-electron chi connectivity index (χ0n) is 16.7. The quantitative estimate of drug-likeness (QED) is 0.802. The lowest BCUT2D eigenvalue weighted by Crippen LogP contribution is -2.58. The summed E-state index contributed by atoms with van der Waals surface area (Å²) in [6, 6.07) is 3.63. The Bertz CT molecular complexity index is 878. The molecule has 0 saturated carbocycles. The highest BCUT2D eigenvalue weighted by atomic mass is 16.3. The third-order valence-corrected chi connectivity index (χ3v) is 5.76. The molecule has 8 nitrogen and oxygen atoms in total. The normalized spacial score (nSPS) is 21.4. The summed E-state index contributed by atoms with van der Waals surface area (Å²) < 4.78 is 7.12. The van der Waals surface area contributed by atoms with Gasteiger partial charge in [0, 0.05) is 51.4 Å². The lowest BCUT2D eigenvalue weighted by Gasteiger charge is -2.42. The molecule has 2 fully saturated rings. The monoisotopic (exact) mass is 385 g/mol. The van der Waals surface area contributed by atoms with Crippen molar-refractivity contribution in [3.63, 3.8) is 0 Å². The van der Waals surface area contributed by atoms with Gasteiger partial charge in [0.1, 0.15) is 5.82 Å². The summed E-state index contributed by atoms with van der Waals surface area (Å²) in [5, 5.41) is 4.38. The number of furan rings is 1. The molecule has 28 heavy (non-hydrogen) atoms. The van der Waals surface area contributed by atoms with Gasteiger partial charge in [0.05, 0.1) is 18.0 Å². The fraction of sp³-hybridized carbons (Fsp3) is 0.550. The Labute approximate surface area is 164 Å². The topological polar surface area (TPSA) is 74.8 Å². The number of piperazine rings is 1. The summed E-state index contributed by atoms with van der Waals surface area (Å²) in [7, 11) is 1.88. The molecule has 2 aliphatic heterocycles. The lowest BCUT2D eigenvalue weighted by molar-refractivity contribution is -0.126. The van der Waals surface area contributed by atoms with Crippen LogP contribution in [0.2, 0.25) is 0 Å². The lowest BCUT2D eigenvalue weighted by atomic mass is 10.0. The number of carbonyl (C=O) groups is 2. The maximum absolute atomic E-state index is 13.2. The Morgan fingerprint density at radius 2 is 1.93 bits per heavy atom. The van der Waals surface area contributed by atoms with E-state index < -0.39 is 0 Å². The molecule has 2 aromatic rings. The van der Waals surface area contributed by atoms with Crippen LogP contribution >= 0.6 is 0 Å². The predicted octanol–water partition coefficient (Wildman–Crippen LogP) is 1.58. The van der Waals surface area contributed by atoms with E-state index in [9.17, 15) is 9.59 Å². The van der Waals surface area contributed by atoms with Gasteiger partial charge in [0.2, 0.25) is 5.91 Å². The summed E-state index contributed by atoms with van der Waals surface area (Å²) in [5.41, 5.74) is 1.77. The third kappa shape index (κ3) is 3.32. The van der Waals surface area contributed by atoms with Gasteiger partial charge in [0.25, 0.3) is 5.91 Å². The first-order valence-electron chi connectivity index (χ1n) is 9.85. The van der Waals surface area contributed by atoms with Gasteiger partial charge in [-0.25, -0.2) is 0 Å². The molecule has 0 spiro atoms. The number of piperidine rings is 1. The molecule has 0 bridgehead atoms. The first-order chi connectivity index (χ1) is 13.5. The first kappa shape index (κ1) is 18.7. The van der Waals surface area contributed by atoms with Crippen molar-refractivity contribution in [2.24, 2.45) is 7.05 Å². The Kier molecular flexibility index (Phi) is 4.97. The van der Waals surface area contributed by atoms with Crippen molar-refractivity contribution in [3.05, 3.63) is 35.4 Å². The van der Waals surface area contributed by atoms with E-state index in [2.05, 4.69) is 10.00 Å². The number of hydrogen-bond acceptors (Lipinski definition) is 5. The average molecular weight is 385 g/mol. The van der Waals surface area contributed by atoms with E-state index in [0.29, 0.717) is 31.9 Å². The molecule has 8 heteroatoms. The fourth-order valence-corrected chi connectivity index (χ4v) is 4.24. The highest BCUT2D eigenvalue weighted by Crippen LogP contribution is 2.25. The van der Waals surface area contributed by atoms with Crippen molar-refractivity contribution < 1.29 is 14.0 Å². The summed E-state index contributed by atoms with van der Waals surface area (Å²) in [4.78, 5) is 31.7. The second-order valence-corrected chi connectivity index (χ2v) is 7.68. The van der Waals surface area contributed by atoms with Gasteiger partial charge in [-0.3, -0.25) is 24.1 Å². The minimum atomic E-state index is -0.133. The highest BCUT2D eigenvalue weighted by molar-refractivity contribution is 5.97. The molecule has 0 N–H and O–H groups in total. The number of aromatic nitrogens is 2. The SMILES string of the molecule is Cc1cc(N2CCC[C@H](N3CCN(C(=O)c4occc4C)CC3)C2=O)n(C)n1. The standard InChI is InChI=1S/C20H27N5O3/c1-14-6-12-28-18(14)20(27)24-10-8-23(9-11-24)16-5-4-7-25(19(16)26)17-13-15(2)21-22(17)3/h6,12-13,16H,4-5,7-11H2,1-3H3/t16-/m0/s1. The molecule has 2 aromatic heterocycles. The molecule has 0 unspecified atom stereocenters. The average Bonchev–Trinajstić information content (AvgIpc) is 3.26. The number of carbonyl (C=O) groups excluding carboxylic acids is 2. The number of anilines is 1. The minimum absolute atomic E-state index is 0.0656. The molecule has 2 saturated heterocycles. The van der Waals surface area contributed by atoms with Crippen LogP contribution < -0.4 is 4.90 Å². The van der Waals surface area contributed by atoms with Crippen molar-refractivity contribution in [3.8, 4) is 0 Å². The largest absolute Gasteiger partial charge is 0.459 e. The van der Waals surface area contributed by atoms with Gasteiger partial charge in [-0.05, 0) is 32.8 Å². The number of amides is 2. The molecule has 2 aliphatic rings. The number of hydrogen-bond donors (Lipinski definition) is 0. The minimum Gasteiger partial charge on any atom is -0.459 e. The maximum Gasteiger partial charge on any atom is 0.289 e. The summed E-state index contributed by atoms with van der Waals surface area (Å²) in [6.45, 7) is 7.14. The van der Waals surface area contributed by atoms with Crippen LogP contribution in [0.1, 0.15) is 34.7 Å². The van der Waals surface area contributed by atoms with E-state index in [1.807, 2.05) is 36.8 Å². The molecular formula is C20H27N5O3. The summed E-state index contributed by atoms with van der Waals surface area (Å²) >= 11 is 0. The Morgan fingerprint density at radius 1 is 1.18 bits per heavy atom. The molecule has 0 aliphatic carbocycles. The molecule has 2 amide bonds. The molecule has 4 heterocycles. The van der Waals surface area contributed by atoms with Crippen molar-refractivity contribution in [1.82, 2.24) is 19.6 Å². The van der Waals surface area contributed by atoms with E-state index in [1.54, 1.807) is 17.0 Å². The van der Waals surface area contributed by atoms with Crippen LogP contribution in [-0.2, 0) is 11.8 Å². The van der Waals surface area contributed by atoms with Crippen molar-refractivity contribution in [1.29, 1.82) is 0 Å². The van der Waals surface area contributed by atoms with E-state index in [0.717, 1.165) is 36.5 Å². The third-order valence-electron chi connectivity index (χ3n) is 5.76. The van der Waals surface area contributed by atoms with Crippen LogP contribution in [0.15, 0.2) is 22.8 Å². The van der Waals surface area contributed by atoms with Crippen molar-refractivity contribution >= 4 is 17.6 Å². The Hall–Kier alpha value is -2.61. The number of aryl methyl sites for hydroxylation is 3. The first-order valence-corrected chi connectivity index (χ1v) is 9.85. The summed E-state index contributed by atoms with van der Waals surface area (Å²) in [5.74, 6) is 1.34. The second-order valence-electron chi connectivity index (χ2n) is 7.68. The van der Waals surface area contributed by atoms with Gasteiger partial charge in [0.15, 0.2) is 5.76 Å². The number of rotatable bonds is 3. The van der Waals surface area contributed by atoms with Gasteiger partial charge in [-0.2, -0.15) is 5.10 Å². The highest BCUT2D eigenvalue weighted by Gasteiger charge is 2.37. The van der Waals surface area contributed by atoms with Crippen LogP contribution in [0.25, 0.3) is 0 Å². The predicted molar refractivity (Wildman–Crippen MR) is 104 cm³/mol. The zero-order valence-corrected chi connectivity index (χ0v) is 16.7. The van der Waals surface area contributed by atoms with Gasteiger partial charge in [-0.15, -0.1) is 0 Å². The molecule has 0 radical (unpaired) electrons. The fourth-order valence-electron chi connectivity index (χ4n) is 4.24. The van der Waals surface area contributed by atoms with Crippen LogP contribution in [-0.4, -0.2) is 70.2 Å². The van der Waals surface area contributed by atoms with E-state index in [-0.39, 0.29) is 17.9 Å². The van der Waals surface area contributed by atoms with Gasteiger partial charge >= 0.3 is 0 Å². The Morgan fingerprint density at radius 3 is 2.54 bits per heavy atom. The maximum atomic E-state index is 13.2. The van der Waals surface area contributed by atoms with Crippen molar-refractivity contribution in [2.45, 2.75) is 32.7 Å². The van der Waals surface area contributed by atoms with Gasteiger partial charge in [-0.1, -0.05) is 0 Å². The molecular weight excluding hydrogens is 358 g/mol. The van der Waals surface area contributed by atoms with Gasteiger partial charge < -0.3 is 9.32 Å². The molecule has 150 valence electrons. The summed E-state index contributed by atoms with van der Waals surface area (Å²) in [6.07, 6.45) is 3.37. The van der Waals surface area contributed by atoms with Crippen LogP contribution in [0.3, 0.4) is 0 Å². The smallest absolute Gasteiger partial charge is 0.289 e. The van der Waals surface area contributed by atoms with Crippen LogP contribution in [0, 0.1) is 13.8 Å². The van der Waals surface area contributed by atoms with E-state index >= 15 is 0 Å². The van der Waals surface area contributed by atoms with Crippen LogP contribution in [0.5, 0.6) is 0 Å². The molecule has 4 rings (SSSR count). The van der Waals surface area contributed by atoms with Crippen molar-refractivity contribution in [2.75, 3.05) is 37.6 Å². The van der Waals surface area contributed by atoms with E-state index in [4.69, 9.17) is 4.42 Å². The zero-order chi connectivity index (χ0) is 19.8. The molecule has 1 atom stereocenters. The Balaban J connectivity index is 1.41. The van der Waals surface area contributed by atoms with Crippen LogP contribution in [0.4, 0.5) is 5.82 Å².